The van der Waals surface area contributed by atoms with Crippen LogP contribution in [0.5, 0.6) is 0 Å². The van der Waals surface area contributed by atoms with Gasteiger partial charge >= 0.3 is 5.97 Å². The van der Waals surface area contributed by atoms with E-state index in [0.29, 0.717) is 30.2 Å². The largest absolute Gasteiger partial charge is 0.481 e. The van der Waals surface area contributed by atoms with Crippen LogP contribution >= 0.6 is 11.3 Å². The number of nitrogens with zero attached hydrogens (tertiary/aromatic N) is 2. The Labute approximate surface area is 162 Å². The molecule has 2 aromatic rings. The van der Waals surface area contributed by atoms with E-state index in [1.807, 2.05) is 37.3 Å². The zero-order valence-electron chi connectivity index (χ0n) is 15.4. The molecule has 1 saturated heterocycles. The first-order chi connectivity index (χ1) is 13.0. The minimum absolute atomic E-state index is 0.0182. The van der Waals surface area contributed by atoms with Crippen molar-refractivity contribution in [3.8, 4) is 0 Å². The molecule has 1 N–H and O–H groups in total. The maximum atomic E-state index is 13.2. The van der Waals surface area contributed by atoms with Crippen LogP contribution in [0.1, 0.15) is 45.2 Å². The Balaban J connectivity index is 1.78. The Kier molecular flexibility index (Phi) is 6.58. The summed E-state index contributed by atoms with van der Waals surface area (Å²) < 4.78 is 5.39. The third-order valence-electron chi connectivity index (χ3n) is 4.69. The van der Waals surface area contributed by atoms with Gasteiger partial charge in [-0.25, -0.2) is 4.98 Å². The van der Waals surface area contributed by atoms with Crippen molar-refractivity contribution in [2.75, 3.05) is 19.8 Å². The summed E-state index contributed by atoms with van der Waals surface area (Å²) in [7, 11) is 0. The lowest BCUT2D eigenvalue weighted by Gasteiger charge is -2.34. The zero-order valence-corrected chi connectivity index (χ0v) is 16.2. The highest BCUT2D eigenvalue weighted by Crippen LogP contribution is 2.25. The van der Waals surface area contributed by atoms with Gasteiger partial charge in [0.1, 0.15) is 4.88 Å². The summed E-state index contributed by atoms with van der Waals surface area (Å²) in [5, 5.41) is 9.96. The molecule has 1 aromatic heterocycles. The average Bonchev–Trinajstić information content (AvgIpc) is 3.03. The van der Waals surface area contributed by atoms with Crippen LogP contribution in [-0.2, 0) is 16.0 Å². The highest BCUT2D eigenvalue weighted by molar-refractivity contribution is 7.13. The number of hydrogen-bond donors (Lipinski definition) is 1. The molecule has 0 radical (unpaired) electrons. The van der Waals surface area contributed by atoms with E-state index in [9.17, 15) is 9.59 Å². The molecule has 0 unspecified atom stereocenters. The molecule has 0 bridgehead atoms. The van der Waals surface area contributed by atoms with Crippen LogP contribution < -0.4 is 0 Å². The summed E-state index contributed by atoms with van der Waals surface area (Å²) in [4.78, 5) is 31.2. The third kappa shape index (κ3) is 5.14. The number of benzene rings is 1. The molecule has 27 heavy (non-hydrogen) atoms. The quantitative estimate of drug-likeness (QED) is 0.788. The van der Waals surface area contributed by atoms with Crippen molar-refractivity contribution in [2.45, 2.75) is 38.6 Å². The Morgan fingerprint density at radius 2 is 1.96 bits per heavy atom. The van der Waals surface area contributed by atoms with Crippen molar-refractivity contribution < 1.29 is 19.4 Å². The minimum Gasteiger partial charge on any atom is -0.481 e. The third-order valence-corrected chi connectivity index (χ3v) is 5.84. The number of carboxylic acid groups (broad SMARTS) is 1. The Morgan fingerprint density at radius 1 is 1.26 bits per heavy atom. The van der Waals surface area contributed by atoms with E-state index in [1.165, 1.54) is 11.3 Å². The number of aryl methyl sites for hydroxylation is 1. The van der Waals surface area contributed by atoms with Gasteiger partial charge in [-0.15, -0.1) is 11.3 Å². The lowest BCUT2D eigenvalue weighted by molar-refractivity contribution is -0.137. The van der Waals surface area contributed by atoms with Crippen molar-refractivity contribution >= 4 is 23.2 Å². The van der Waals surface area contributed by atoms with Gasteiger partial charge in [-0.3, -0.25) is 9.59 Å². The fourth-order valence-electron chi connectivity index (χ4n) is 3.29. The second kappa shape index (κ2) is 9.10. The number of carboxylic acids is 1. The van der Waals surface area contributed by atoms with Crippen molar-refractivity contribution in [3.05, 3.63) is 51.5 Å². The Morgan fingerprint density at radius 3 is 2.63 bits per heavy atom. The summed E-state index contributed by atoms with van der Waals surface area (Å²) in [5.74, 6) is -1.01. The highest BCUT2D eigenvalue weighted by atomic mass is 32.1. The number of amides is 1. The van der Waals surface area contributed by atoms with Gasteiger partial charge in [-0.05, 0) is 25.3 Å². The zero-order chi connectivity index (χ0) is 19.2. The van der Waals surface area contributed by atoms with Crippen LogP contribution in [0.15, 0.2) is 30.3 Å². The lowest BCUT2D eigenvalue weighted by Crippen LogP contribution is -2.44. The van der Waals surface area contributed by atoms with Crippen molar-refractivity contribution in [2.24, 2.45) is 0 Å². The maximum absolute atomic E-state index is 13.2. The van der Waals surface area contributed by atoms with Gasteiger partial charge in [-0.1, -0.05) is 30.3 Å². The van der Waals surface area contributed by atoms with Crippen molar-refractivity contribution in [1.82, 2.24) is 9.88 Å². The fourth-order valence-corrected chi connectivity index (χ4v) is 4.35. The number of rotatable bonds is 7. The van der Waals surface area contributed by atoms with Crippen LogP contribution in [0.4, 0.5) is 0 Å². The van der Waals surface area contributed by atoms with E-state index in [2.05, 4.69) is 4.98 Å². The fraction of sp³-hybridized carbons (Fsp3) is 0.450. The predicted octanol–water partition coefficient (Wildman–Crippen LogP) is 3.14. The van der Waals surface area contributed by atoms with Gasteiger partial charge in [0.05, 0.1) is 17.1 Å². The molecule has 1 aliphatic rings. The van der Waals surface area contributed by atoms with Crippen LogP contribution in [0.2, 0.25) is 0 Å². The molecule has 6 nitrogen and oxygen atoms in total. The second-order valence-electron chi connectivity index (χ2n) is 6.67. The van der Waals surface area contributed by atoms with Gasteiger partial charge in [0.15, 0.2) is 0 Å². The summed E-state index contributed by atoms with van der Waals surface area (Å²) in [6.45, 7) is 3.26. The molecule has 0 atom stereocenters. The van der Waals surface area contributed by atoms with Gasteiger partial charge in [0, 0.05) is 32.2 Å². The number of carbonyl (C=O) groups excluding carboxylic acids is 1. The Bertz CT molecular complexity index is 785. The number of aromatic nitrogens is 1. The molecule has 0 spiro atoms. The summed E-state index contributed by atoms with van der Waals surface area (Å²) in [6, 6.07) is 10.0. The average molecular weight is 388 g/mol. The van der Waals surface area contributed by atoms with Crippen LogP contribution in [0.25, 0.3) is 0 Å². The van der Waals surface area contributed by atoms with Crippen LogP contribution in [0.3, 0.4) is 0 Å². The summed E-state index contributed by atoms with van der Waals surface area (Å²) >= 11 is 1.41. The molecule has 2 heterocycles. The molecule has 1 fully saturated rings. The molecule has 7 heteroatoms. The molecule has 1 amide bonds. The molecule has 3 rings (SSSR count). The van der Waals surface area contributed by atoms with Crippen LogP contribution in [0, 0.1) is 6.92 Å². The summed E-state index contributed by atoms with van der Waals surface area (Å²) in [6.07, 6.45) is 2.10. The molecule has 1 aromatic carbocycles. The second-order valence-corrected chi connectivity index (χ2v) is 7.75. The van der Waals surface area contributed by atoms with Crippen molar-refractivity contribution in [3.63, 3.8) is 0 Å². The maximum Gasteiger partial charge on any atom is 0.305 e. The lowest BCUT2D eigenvalue weighted by atomic mass is 10.1. The predicted molar refractivity (Wildman–Crippen MR) is 103 cm³/mol. The van der Waals surface area contributed by atoms with Crippen molar-refractivity contribution in [1.29, 1.82) is 0 Å². The first kappa shape index (κ1) is 19.5. The van der Waals surface area contributed by atoms with E-state index in [-0.39, 0.29) is 24.9 Å². The minimum atomic E-state index is -0.898. The number of ether oxygens (including phenoxy) is 1. The first-order valence-electron chi connectivity index (χ1n) is 9.15. The molecule has 0 aliphatic carbocycles. The SMILES string of the molecule is Cc1nc(Cc2ccccc2)sc1C(=O)N(CCC(=O)O)C1CCOCC1. The molecule has 0 saturated carbocycles. The molecular formula is C20H24N2O4S. The topological polar surface area (TPSA) is 79.7 Å². The smallest absolute Gasteiger partial charge is 0.305 e. The van der Waals surface area contributed by atoms with E-state index in [1.54, 1.807) is 4.90 Å². The number of thiazole rings is 1. The first-order valence-corrected chi connectivity index (χ1v) is 9.97. The molecule has 1 aliphatic heterocycles. The van der Waals surface area contributed by atoms with E-state index in [4.69, 9.17) is 9.84 Å². The standard InChI is InChI=1S/C20H24N2O4S/c1-14-19(27-17(21-14)13-15-5-3-2-4-6-15)20(25)22(10-7-18(23)24)16-8-11-26-12-9-16/h2-6,16H,7-13H2,1H3,(H,23,24). The van der Waals surface area contributed by atoms with Gasteiger partial charge < -0.3 is 14.7 Å². The van der Waals surface area contributed by atoms with Gasteiger partial charge in [0.2, 0.25) is 0 Å². The summed E-state index contributed by atoms with van der Waals surface area (Å²) in [5.41, 5.74) is 1.86. The van der Waals surface area contributed by atoms with Crippen LogP contribution in [-0.4, -0.2) is 52.7 Å². The van der Waals surface area contributed by atoms with Gasteiger partial charge in [-0.2, -0.15) is 0 Å². The molecular weight excluding hydrogens is 364 g/mol. The van der Waals surface area contributed by atoms with E-state index in [0.717, 1.165) is 23.4 Å². The molecule has 144 valence electrons. The normalized spacial score (nSPS) is 14.9. The number of aliphatic carboxylic acids is 1. The van der Waals surface area contributed by atoms with E-state index < -0.39 is 5.97 Å². The van der Waals surface area contributed by atoms with E-state index >= 15 is 0 Å². The highest BCUT2D eigenvalue weighted by Gasteiger charge is 2.29. The Hall–Kier alpha value is -2.25. The van der Waals surface area contributed by atoms with Gasteiger partial charge in [0.25, 0.3) is 5.91 Å². The number of carbonyl (C=O) groups is 2. The monoisotopic (exact) mass is 388 g/mol. The number of hydrogen-bond acceptors (Lipinski definition) is 5.